The Labute approximate surface area is 154 Å². The molecule has 22 heavy (non-hydrogen) atoms. The molecule has 1 saturated carbocycles. The summed E-state index contributed by atoms with van der Waals surface area (Å²) >= 11 is 1.69. The van der Waals surface area contributed by atoms with Crippen LogP contribution in [0.15, 0.2) is 4.99 Å². The van der Waals surface area contributed by atoms with E-state index in [0.717, 1.165) is 48.9 Å². The number of hydrogen-bond donors (Lipinski definition) is 3. The summed E-state index contributed by atoms with van der Waals surface area (Å²) < 4.78 is 0. The molecule has 126 valence electrons. The van der Waals surface area contributed by atoms with E-state index in [4.69, 9.17) is 0 Å². The second-order valence-electron chi connectivity index (χ2n) is 5.73. The molecular formula is C15H27IN4OS. The number of guanidine groups is 1. The van der Waals surface area contributed by atoms with Crippen LogP contribution in [-0.2, 0) is 6.54 Å². The SMILES string of the molecule is CCNC(=NCc1nc(C)c(C)s1)NCC1(O)CCCC1.I. The molecule has 1 aliphatic carbocycles. The van der Waals surface area contributed by atoms with Gasteiger partial charge in [0.1, 0.15) is 5.01 Å². The predicted molar refractivity (Wildman–Crippen MR) is 103 cm³/mol. The summed E-state index contributed by atoms with van der Waals surface area (Å²) in [5.74, 6) is 0.753. The normalized spacial score (nSPS) is 17.2. The Morgan fingerprint density at radius 2 is 2.00 bits per heavy atom. The molecule has 0 saturated heterocycles. The van der Waals surface area contributed by atoms with Gasteiger partial charge in [0.2, 0.25) is 0 Å². The zero-order chi connectivity index (χ0) is 15.3. The first kappa shape index (κ1) is 19.6. The van der Waals surface area contributed by atoms with Crippen molar-refractivity contribution in [3.05, 3.63) is 15.6 Å². The van der Waals surface area contributed by atoms with Gasteiger partial charge in [-0.3, -0.25) is 0 Å². The maximum absolute atomic E-state index is 10.4. The van der Waals surface area contributed by atoms with E-state index >= 15 is 0 Å². The Hall–Kier alpha value is -0.410. The van der Waals surface area contributed by atoms with Gasteiger partial charge in [-0.2, -0.15) is 0 Å². The standard InChI is InChI=1S/C15H26N4OS.HI/c1-4-16-14(18-10-15(20)7-5-6-8-15)17-9-13-19-11(2)12(3)21-13;/h20H,4-10H2,1-3H3,(H2,16,17,18);1H. The average molecular weight is 438 g/mol. The first-order valence-corrected chi connectivity index (χ1v) is 8.51. The van der Waals surface area contributed by atoms with E-state index < -0.39 is 5.60 Å². The predicted octanol–water partition coefficient (Wildman–Crippen LogP) is 2.74. The van der Waals surface area contributed by atoms with Crippen molar-refractivity contribution in [3.63, 3.8) is 0 Å². The fourth-order valence-corrected chi connectivity index (χ4v) is 3.41. The number of thiazole rings is 1. The number of aliphatic hydroxyl groups is 1. The highest BCUT2D eigenvalue weighted by molar-refractivity contribution is 14.0. The van der Waals surface area contributed by atoms with Gasteiger partial charge in [0, 0.05) is 18.0 Å². The molecule has 0 unspecified atom stereocenters. The summed E-state index contributed by atoms with van der Waals surface area (Å²) in [6.45, 7) is 8.10. The molecule has 7 heteroatoms. The van der Waals surface area contributed by atoms with Crippen LogP contribution in [-0.4, -0.2) is 34.7 Å². The van der Waals surface area contributed by atoms with Crippen LogP contribution in [0.4, 0.5) is 0 Å². The number of nitrogens with one attached hydrogen (secondary N) is 2. The molecule has 0 aliphatic heterocycles. The van der Waals surface area contributed by atoms with Gasteiger partial charge in [0.05, 0.1) is 17.8 Å². The van der Waals surface area contributed by atoms with Crippen molar-refractivity contribution in [2.45, 2.75) is 58.6 Å². The summed E-state index contributed by atoms with van der Waals surface area (Å²) in [7, 11) is 0. The third-order valence-electron chi connectivity index (χ3n) is 3.91. The summed E-state index contributed by atoms with van der Waals surface area (Å²) in [5.41, 5.74) is 0.522. The maximum Gasteiger partial charge on any atom is 0.191 e. The minimum atomic E-state index is -0.565. The van der Waals surface area contributed by atoms with Crippen LogP contribution in [0.25, 0.3) is 0 Å². The summed E-state index contributed by atoms with van der Waals surface area (Å²) in [6, 6.07) is 0. The van der Waals surface area contributed by atoms with E-state index in [-0.39, 0.29) is 24.0 Å². The largest absolute Gasteiger partial charge is 0.388 e. The highest BCUT2D eigenvalue weighted by Crippen LogP contribution is 2.28. The van der Waals surface area contributed by atoms with E-state index in [0.29, 0.717) is 13.1 Å². The van der Waals surface area contributed by atoms with E-state index in [9.17, 15) is 5.11 Å². The van der Waals surface area contributed by atoms with Crippen LogP contribution in [0.2, 0.25) is 0 Å². The van der Waals surface area contributed by atoms with Gasteiger partial charge < -0.3 is 15.7 Å². The lowest BCUT2D eigenvalue weighted by molar-refractivity contribution is 0.0522. The summed E-state index contributed by atoms with van der Waals surface area (Å²) in [5, 5.41) is 17.9. The summed E-state index contributed by atoms with van der Waals surface area (Å²) in [6.07, 6.45) is 3.99. The van der Waals surface area contributed by atoms with Crippen LogP contribution in [0.3, 0.4) is 0 Å². The fourth-order valence-electron chi connectivity index (χ4n) is 2.55. The second kappa shape index (κ2) is 9.02. The number of aliphatic imine (C=N–C) groups is 1. The van der Waals surface area contributed by atoms with Gasteiger partial charge in [-0.15, -0.1) is 35.3 Å². The minimum Gasteiger partial charge on any atom is -0.388 e. The topological polar surface area (TPSA) is 69.5 Å². The molecule has 3 N–H and O–H groups in total. The molecule has 0 atom stereocenters. The Balaban J connectivity index is 0.00000242. The molecule has 1 aliphatic rings. The number of nitrogens with zero attached hydrogens (tertiary/aromatic N) is 2. The minimum absolute atomic E-state index is 0. The Morgan fingerprint density at radius 3 is 2.55 bits per heavy atom. The lowest BCUT2D eigenvalue weighted by atomic mass is 10.0. The molecule has 1 aromatic heterocycles. The molecule has 1 fully saturated rings. The zero-order valence-corrected chi connectivity index (χ0v) is 16.8. The molecule has 0 radical (unpaired) electrons. The lowest BCUT2D eigenvalue weighted by Gasteiger charge is -2.23. The molecule has 0 bridgehead atoms. The van der Waals surface area contributed by atoms with Gasteiger partial charge in [0.25, 0.3) is 0 Å². The number of aromatic nitrogens is 1. The summed E-state index contributed by atoms with van der Waals surface area (Å²) in [4.78, 5) is 10.3. The van der Waals surface area contributed by atoms with Crippen LogP contribution in [0.1, 0.15) is 48.2 Å². The lowest BCUT2D eigenvalue weighted by Crippen LogP contribution is -2.46. The molecule has 2 rings (SSSR count). The Bertz CT molecular complexity index is 478. The first-order valence-electron chi connectivity index (χ1n) is 7.70. The van der Waals surface area contributed by atoms with Crippen molar-refractivity contribution in [2.75, 3.05) is 13.1 Å². The van der Waals surface area contributed by atoms with Gasteiger partial charge in [0.15, 0.2) is 5.96 Å². The van der Waals surface area contributed by atoms with Crippen molar-refractivity contribution >= 4 is 41.3 Å². The van der Waals surface area contributed by atoms with Crippen LogP contribution >= 0.6 is 35.3 Å². The molecule has 0 spiro atoms. The molecule has 0 amide bonds. The van der Waals surface area contributed by atoms with Crippen LogP contribution in [0, 0.1) is 13.8 Å². The monoisotopic (exact) mass is 438 g/mol. The maximum atomic E-state index is 10.4. The van der Waals surface area contributed by atoms with Crippen LogP contribution < -0.4 is 10.6 Å². The van der Waals surface area contributed by atoms with Gasteiger partial charge >= 0.3 is 0 Å². The zero-order valence-electron chi connectivity index (χ0n) is 13.6. The molecule has 0 aromatic carbocycles. The van der Waals surface area contributed by atoms with E-state index in [1.165, 1.54) is 4.88 Å². The third-order valence-corrected chi connectivity index (χ3v) is 4.97. The van der Waals surface area contributed by atoms with Gasteiger partial charge in [-0.1, -0.05) is 12.8 Å². The highest BCUT2D eigenvalue weighted by Gasteiger charge is 2.30. The van der Waals surface area contributed by atoms with Gasteiger partial charge in [-0.05, 0) is 33.6 Å². The highest BCUT2D eigenvalue weighted by atomic mass is 127. The Morgan fingerprint density at radius 1 is 1.32 bits per heavy atom. The first-order chi connectivity index (χ1) is 10.0. The quantitative estimate of drug-likeness (QED) is 0.376. The second-order valence-corrected chi connectivity index (χ2v) is 7.02. The third kappa shape index (κ3) is 5.66. The van der Waals surface area contributed by atoms with E-state index in [1.807, 2.05) is 13.8 Å². The van der Waals surface area contributed by atoms with Gasteiger partial charge in [-0.25, -0.2) is 9.98 Å². The van der Waals surface area contributed by atoms with Crippen molar-refractivity contribution in [2.24, 2.45) is 4.99 Å². The molecular weight excluding hydrogens is 411 g/mol. The molecule has 5 nitrogen and oxygen atoms in total. The number of hydrogen-bond acceptors (Lipinski definition) is 4. The smallest absolute Gasteiger partial charge is 0.191 e. The molecule has 1 aromatic rings. The van der Waals surface area contributed by atoms with Crippen LogP contribution in [0.5, 0.6) is 0 Å². The average Bonchev–Trinajstić information content (AvgIpc) is 3.01. The fraction of sp³-hybridized carbons (Fsp3) is 0.733. The van der Waals surface area contributed by atoms with E-state index in [1.54, 1.807) is 11.3 Å². The van der Waals surface area contributed by atoms with Crippen molar-refractivity contribution < 1.29 is 5.11 Å². The molecule has 1 heterocycles. The number of rotatable bonds is 5. The van der Waals surface area contributed by atoms with Crippen molar-refractivity contribution in [1.29, 1.82) is 0 Å². The number of halogens is 1. The number of aryl methyl sites for hydroxylation is 2. The van der Waals surface area contributed by atoms with Crippen molar-refractivity contribution in [1.82, 2.24) is 15.6 Å². The van der Waals surface area contributed by atoms with Crippen molar-refractivity contribution in [3.8, 4) is 0 Å². The Kier molecular flexibility index (Phi) is 8.06. The van der Waals surface area contributed by atoms with E-state index in [2.05, 4.69) is 27.5 Å².